The third-order valence-corrected chi connectivity index (χ3v) is 4.33. The molecule has 2 aromatic carbocycles. The molecule has 0 unspecified atom stereocenters. The van der Waals surface area contributed by atoms with Crippen LogP contribution >= 0.6 is 23.2 Å². The molecule has 144 valence electrons. The fourth-order valence-electron chi connectivity index (χ4n) is 2.60. The summed E-state index contributed by atoms with van der Waals surface area (Å²) in [6, 6.07) is 15.8. The molecule has 0 aliphatic carbocycles. The van der Waals surface area contributed by atoms with Crippen LogP contribution in [0.15, 0.2) is 66.4 Å². The number of rotatable bonds is 5. The molecular formula is C20H12Cl2N4O3. The van der Waals surface area contributed by atoms with Gasteiger partial charge in [-0.1, -0.05) is 23.2 Å². The quantitative estimate of drug-likeness (QED) is 0.261. The second-order valence-corrected chi connectivity index (χ2v) is 6.73. The second-order valence-electron chi connectivity index (χ2n) is 5.86. The van der Waals surface area contributed by atoms with E-state index in [4.69, 9.17) is 23.2 Å². The minimum atomic E-state index is -0.623. The minimum absolute atomic E-state index is 0.0322. The number of carbonyl (C=O) groups is 1. The van der Waals surface area contributed by atoms with Gasteiger partial charge in [0.1, 0.15) is 11.6 Å². The van der Waals surface area contributed by atoms with Crippen LogP contribution in [0, 0.1) is 21.4 Å². The Balaban J connectivity index is 1.88. The van der Waals surface area contributed by atoms with Gasteiger partial charge in [-0.2, -0.15) is 5.26 Å². The molecule has 0 saturated carbocycles. The number of anilines is 1. The van der Waals surface area contributed by atoms with Crippen LogP contribution < -0.4 is 5.32 Å². The Morgan fingerprint density at radius 3 is 2.38 bits per heavy atom. The topological polar surface area (TPSA) is 101 Å². The molecule has 3 aromatic rings. The highest BCUT2D eigenvalue weighted by Gasteiger charge is 2.13. The van der Waals surface area contributed by atoms with Crippen molar-refractivity contribution >= 4 is 46.6 Å². The lowest BCUT2D eigenvalue weighted by Gasteiger charge is -2.08. The van der Waals surface area contributed by atoms with Gasteiger partial charge in [0.2, 0.25) is 0 Å². The van der Waals surface area contributed by atoms with Gasteiger partial charge in [-0.3, -0.25) is 14.9 Å². The first-order chi connectivity index (χ1) is 13.9. The highest BCUT2D eigenvalue weighted by atomic mass is 35.5. The van der Waals surface area contributed by atoms with Gasteiger partial charge in [-0.15, -0.1) is 0 Å². The molecule has 0 radical (unpaired) electrons. The maximum atomic E-state index is 12.5. The molecule has 0 aliphatic heterocycles. The zero-order valence-corrected chi connectivity index (χ0v) is 16.2. The molecule has 3 rings (SSSR count). The Kier molecular flexibility index (Phi) is 5.98. The predicted molar refractivity (Wildman–Crippen MR) is 111 cm³/mol. The molecule has 9 heteroatoms. The van der Waals surface area contributed by atoms with Crippen molar-refractivity contribution in [3.05, 3.63) is 92.2 Å². The van der Waals surface area contributed by atoms with Crippen LogP contribution in [0.5, 0.6) is 0 Å². The van der Waals surface area contributed by atoms with Gasteiger partial charge >= 0.3 is 0 Å². The van der Waals surface area contributed by atoms with E-state index >= 15 is 0 Å². The molecule has 1 aromatic heterocycles. The Morgan fingerprint density at radius 2 is 1.79 bits per heavy atom. The second kappa shape index (κ2) is 8.61. The lowest BCUT2D eigenvalue weighted by molar-refractivity contribution is -0.384. The van der Waals surface area contributed by atoms with Crippen molar-refractivity contribution in [3.8, 4) is 11.8 Å². The lowest BCUT2D eigenvalue weighted by Crippen LogP contribution is -2.13. The Bertz CT molecular complexity index is 1140. The van der Waals surface area contributed by atoms with Crippen molar-refractivity contribution in [1.29, 1.82) is 5.26 Å². The van der Waals surface area contributed by atoms with Crippen LogP contribution in [0.2, 0.25) is 10.0 Å². The maximum absolute atomic E-state index is 12.5. The average molecular weight is 427 g/mol. The Hall–Kier alpha value is -3.60. The number of nitrogens with one attached hydrogen (secondary N) is 1. The third-order valence-electron chi connectivity index (χ3n) is 3.90. The summed E-state index contributed by atoms with van der Waals surface area (Å²) in [5.41, 5.74) is 1.39. The van der Waals surface area contributed by atoms with Crippen LogP contribution in [-0.2, 0) is 4.79 Å². The summed E-state index contributed by atoms with van der Waals surface area (Å²) in [7, 11) is 0. The summed E-state index contributed by atoms with van der Waals surface area (Å²) in [6.45, 7) is 0. The summed E-state index contributed by atoms with van der Waals surface area (Å²) >= 11 is 11.8. The average Bonchev–Trinajstić information content (AvgIpc) is 3.13. The van der Waals surface area contributed by atoms with Crippen LogP contribution in [-0.4, -0.2) is 15.4 Å². The molecule has 0 bridgehead atoms. The van der Waals surface area contributed by atoms with E-state index in [1.807, 2.05) is 6.07 Å². The van der Waals surface area contributed by atoms with Crippen LogP contribution in [0.25, 0.3) is 11.8 Å². The summed E-state index contributed by atoms with van der Waals surface area (Å²) in [6.07, 6.45) is 3.14. The molecule has 0 atom stereocenters. The highest BCUT2D eigenvalue weighted by molar-refractivity contribution is 6.35. The SMILES string of the molecule is N#CC(=Cc1cccn1-c1ccc([N+](=O)[O-])cc1)C(=O)Nc1cc(Cl)cc(Cl)c1. The van der Waals surface area contributed by atoms with Gasteiger partial charge in [-0.05, 0) is 48.5 Å². The molecule has 1 N–H and O–H groups in total. The number of carbonyl (C=O) groups excluding carboxylic acids is 1. The number of hydrogen-bond donors (Lipinski definition) is 1. The van der Waals surface area contributed by atoms with Crippen LogP contribution in [0.3, 0.4) is 0 Å². The number of non-ortho nitro benzene ring substituents is 1. The number of amides is 1. The molecule has 1 amide bonds. The third kappa shape index (κ3) is 4.82. The number of benzene rings is 2. The number of nitro benzene ring substituents is 1. The van der Waals surface area contributed by atoms with E-state index in [-0.39, 0.29) is 11.3 Å². The molecule has 0 aliphatic rings. The first-order valence-corrected chi connectivity index (χ1v) is 8.94. The van der Waals surface area contributed by atoms with Crippen molar-refractivity contribution in [2.75, 3.05) is 5.32 Å². The Morgan fingerprint density at radius 1 is 1.14 bits per heavy atom. The molecule has 1 heterocycles. The standard InChI is InChI=1S/C20H12Cl2N4O3/c21-14-9-15(22)11-16(10-14)24-20(27)13(12-23)8-19-2-1-7-25(19)17-3-5-18(6-4-17)26(28)29/h1-11H,(H,24,27). The van der Waals surface area contributed by atoms with Gasteiger partial charge in [0.15, 0.2) is 0 Å². The van der Waals surface area contributed by atoms with Crippen LogP contribution in [0.1, 0.15) is 5.69 Å². The molecule has 0 fully saturated rings. The number of nitriles is 1. The van der Waals surface area contributed by atoms with Crippen molar-refractivity contribution in [2.24, 2.45) is 0 Å². The number of nitro groups is 1. The number of halogens is 2. The zero-order chi connectivity index (χ0) is 21.0. The summed E-state index contributed by atoms with van der Waals surface area (Å²) in [5.74, 6) is -0.623. The van der Waals surface area contributed by atoms with Crippen LogP contribution in [0.4, 0.5) is 11.4 Å². The van der Waals surface area contributed by atoms with E-state index in [0.29, 0.717) is 27.1 Å². The summed E-state index contributed by atoms with van der Waals surface area (Å²) in [4.78, 5) is 22.8. The molecule has 7 nitrogen and oxygen atoms in total. The zero-order valence-electron chi connectivity index (χ0n) is 14.7. The van der Waals surface area contributed by atoms with E-state index in [9.17, 15) is 20.2 Å². The fraction of sp³-hybridized carbons (Fsp3) is 0. The van der Waals surface area contributed by atoms with Crippen molar-refractivity contribution < 1.29 is 9.72 Å². The van der Waals surface area contributed by atoms with Gasteiger partial charge < -0.3 is 9.88 Å². The molecular weight excluding hydrogens is 415 g/mol. The molecule has 29 heavy (non-hydrogen) atoms. The van der Waals surface area contributed by atoms with Crippen molar-refractivity contribution in [1.82, 2.24) is 4.57 Å². The van der Waals surface area contributed by atoms with Gasteiger partial charge in [0.05, 0.1) is 4.92 Å². The highest BCUT2D eigenvalue weighted by Crippen LogP contribution is 2.23. The molecule has 0 saturated heterocycles. The van der Waals surface area contributed by atoms with E-state index in [0.717, 1.165) is 0 Å². The first-order valence-electron chi connectivity index (χ1n) is 8.19. The summed E-state index contributed by atoms with van der Waals surface area (Å²) in [5, 5.41) is 23.5. The Labute approximate surface area is 175 Å². The van der Waals surface area contributed by atoms with Crippen molar-refractivity contribution in [2.45, 2.75) is 0 Å². The summed E-state index contributed by atoms with van der Waals surface area (Å²) < 4.78 is 1.70. The monoisotopic (exact) mass is 426 g/mol. The number of aromatic nitrogens is 1. The predicted octanol–water partition coefficient (Wildman–Crippen LogP) is 5.24. The van der Waals surface area contributed by atoms with Crippen molar-refractivity contribution in [3.63, 3.8) is 0 Å². The van der Waals surface area contributed by atoms with E-state index in [1.165, 1.54) is 36.4 Å². The molecule has 0 spiro atoms. The van der Waals surface area contributed by atoms with E-state index in [2.05, 4.69) is 5.32 Å². The smallest absolute Gasteiger partial charge is 0.269 e. The largest absolute Gasteiger partial charge is 0.321 e. The fourth-order valence-corrected chi connectivity index (χ4v) is 3.13. The van der Waals surface area contributed by atoms with E-state index in [1.54, 1.807) is 35.0 Å². The minimum Gasteiger partial charge on any atom is -0.321 e. The number of nitrogens with zero attached hydrogens (tertiary/aromatic N) is 3. The van der Waals surface area contributed by atoms with Gasteiger partial charge in [0.25, 0.3) is 11.6 Å². The first kappa shape index (κ1) is 20.1. The van der Waals surface area contributed by atoms with Gasteiger partial charge in [-0.25, -0.2) is 0 Å². The van der Waals surface area contributed by atoms with Gasteiger partial charge in [0, 0.05) is 45.4 Å². The number of hydrogen-bond acceptors (Lipinski definition) is 4. The maximum Gasteiger partial charge on any atom is 0.269 e. The van der Waals surface area contributed by atoms with E-state index < -0.39 is 10.8 Å². The normalized spacial score (nSPS) is 11.0. The lowest BCUT2D eigenvalue weighted by atomic mass is 10.2.